The van der Waals surface area contributed by atoms with E-state index in [-0.39, 0.29) is 18.0 Å². The molecule has 2 N–H and O–H groups in total. The maximum atomic E-state index is 11.9. The summed E-state index contributed by atoms with van der Waals surface area (Å²) in [6.07, 6.45) is 6.95. The molecule has 0 unspecified atom stereocenters. The molecular weight excluding hydrogens is 294 g/mol. The Hall–Kier alpha value is -1.30. The zero-order valence-corrected chi connectivity index (χ0v) is 14.5. The van der Waals surface area contributed by atoms with Crippen LogP contribution in [0.4, 0.5) is 4.79 Å². The van der Waals surface area contributed by atoms with Gasteiger partial charge < -0.3 is 20.3 Å². The largest absolute Gasteiger partial charge is 0.376 e. The van der Waals surface area contributed by atoms with E-state index in [1.54, 1.807) is 6.92 Å². The number of carbonyl (C=O) groups excluding carboxylic acids is 2. The molecule has 3 amide bonds. The number of piperidine rings is 1. The Morgan fingerprint density at radius 3 is 2.48 bits per heavy atom. The fourth-order valence-corrected chi connectivity index (χ4v) is 3.48. The normalized spacial score (nSPS) is 25.9. The van der Waals surface area contributed by atoms with E-state index in [1.165, 1.54) is 19.3 Å². The van der Waals surface area contributed by atoms with Crippen LogP contribution < -0.4 is 10.6 Å². The lowest BCUT2D eigenvalue weighted by atomic mass is 9.88. The monoisotopic (exact) mass is 325 g/mol. The molecule has 0 aromatic heterocycles. The second kappa shape index (κ2) is 9.11. The number of nitrogens with zero attached hydrogens (tertiary/aromatic N) is 1. The standard InChI is InChI=1S/C17H31N3O3/c1-13-5-3-4-6-16(13)23-12-9-18-17(22)19-15-7-10-20(11-8-15)14(2)21/h13,15-16H,3-12H2,1-2H3,(H2,18,19,22)/t13-,16+/m1/s1. The summed E-state index contributed by atoms with van der Waals surface area (Å²) in [5.74, 6) is 0.742. The first-order valence-corrected chi connectivity index (χ1v) is 8.97. The van der Waals surface area contributed by atoms with Gasteiger partial charge in [0.15, 0.2) is 0 Å². The van der Waals surface area contributed by atoms with Crippen LogP contribution in [0.1, 0.15) is 52.4 Å². The van der Waals surface area contributed by atoms with Gasteiger partial charge >= 0.3 is 6.03 Å². The van der Waals surface area contributed by atoms with Gasteiger partial charge in [-0.15, -0.1) is 0 Å². The van der Waals surface area contributed by atoms with E-state index >= 15 is 0 Å². The fraction of sp³-hybridized carbons (Fsp3) is 0.882. The fourth-order valence-electron chi connectivity index (χ4n) is 3.48. The first-order valence-electron chi connectivity index (χ1n) is 8.97. The van der Waals surface area contributed by atoms with E-state index in [0.29, 0.717) is 25.2 Å². The van der Waals surface area contributed by atoms with Gasteiger partial charge in [0.25, 0.3) is 0 Å². The lowest BCUT2D eigenvalue weighted by molar-refractivity contribution is -0.129. The summed E-state index contributed by atoms with van der Waals surface area (Å²) >= 11 is 0. The third-order valence-corrected chi connectivity index (χ3v) is 5.03. The SMILES string of the molecule is CC(=O)N1CCC(NC(=O)NCCO[C@H]2CCCC[C@H]2C)CC1. The highest BCUT2D eigenvalue weighted by molar-refractivity contribution is 5.74. The first-order chi connectivity index (χ1) is 11.1. The summed E-state index contributed by atoms with van der Waals surface area (Å²) in [5.41, 5.74) is 0. The third kappa shape index (κ3) is 6.01. The van der Waals surface area contributed by atoms with Gasteiger partial charge in [-0.2, -0.15) is 0 Å². The van der Waals surface area contributed by atoms with Gasteiger partial charge in [0, 0.05) is 32.6 Å². The second-order valence-corrected chi connectivity index (χ2v) is 6.85. The average molecular weight is 325 g/mol. The molecule has 1 aliphatic heterocycles. The molecule has 1 aliphatic carbocycles. The van der Waals surface area contributed by atoms with Crippen LogP contribution in [0.15, 0.2) is 0 Å². The number of hydrogen-bond donors (Lipinski definition) is 2. The van der Waals surface area contributed by atoms with Gasteiger partial charge in [-0.25, -0.2) is 4.79 Å². The van der Waals surface area contributed by atoms with Crippen molar-refractivity contribution in [2.24, 2.45) is 5.92 Å². The van der Waals surface area contributed by atoms with E-state index in [1.807, 2.05) is 4.90 Å². The molecule has 2 rings (SSSR count). The highest BCUT2D eigenvalue weighted by Crippen LogP contribution is 2.25. The zero-order chi connectivity index (χ0) is 16.7. The molecule has 1 heterocycles. The summed E-state index contributed by atoms with van der Waals surface area (Å²) in [6.45, 7) is 6.41. The summed E-state index contributed by atoms with van der Waals surface area (Å²) in [7, 11) is 0. The quantitative estimate of drug-likeness (QED) is 0.758. The number of amides is 3. The van der Waals surface area contributed by atoms with Crippen molar-refractivity contribution >= 4 is 11.9 Å². The van der Waals surface area contributed by atoms with Crippen molar-refractivity contribution in [3.63, 3.8) is 0 Å². The maximum Gasteiger partial charge on any atom is 0.315 e. The van der Waals surface area contributed by atoms with Crippen molar-refractivity contribution in [3.05, 3.63) is 0 Å². The number of urea groups is 1. The molecule has 0 spiro atoms. The Morgan fingerprint density at radius 2 is 1.83 bits per heavy atom. The van der Waals surface area contributed by atoms with Crippen LogP contribution in [-0.4, -0.2) is 55.2 Å². The van der Waals surface area contributed by atoms with Crippen LogP contribution in [-0.2, 0) is 9.53 Å². The predicted octanol–water partition coefficient (Wildman–Crippen LogP) is 1.89. The van der Waals surface area contributed by atoms with Crippen molar-refractivity contribution in [2.75, 3.05) is 26.2 Å². The number of nitrogens with one attached hydrogen (secondary N) is 2. The maximum absolute atomic E-state index is 11.9. The van der Waals surface area contributed by atoms with E-state index in [2.05, 4.69) is 17.6 Å². The van der Waals surface area contributed by atoms with Crippen LogP contribution >= 0.6 is 0 Å². The number of ether oxygens (including phenoxy) is 1. The zero-order valence-electron chi connectivity index (χ0n) is 14.5. The Bertz CT molecular complexity index is 395. The van der Waals surface area contributed by atoms with Crippen molar-refractivity contribution in [1.82, 2.24) is 15.5 Å². The molecule has 2 aliphatic rings. The topological polar surface area (TPSA) is 70.7 Å². The highest BCUT2D eigenvalue weighted by atomic mass is 16.5. The van der Waals surface area contributed by atoms with Gasteiger partial charge in [0.05, 0.1) is 12.7 Å². The number of hydrogen-bond acceptors (Lipinski definition) is 3. The van der Waals surface area contributed by atoms with Gasteiger partial charge in [-0.3, -0.25) is 4.79 Å². The van der Waals surface area contributed by atoms with Crippen molar-refractivity contribution in [2.45, 2.75) is 64.5 Å². The summed E-state index contributed by atoms with van der Waals surface area (Å²) in [4.78, 5) is 25.0. The Kier molecular flexibility index (Phi) is 7.15. The van der Waals surface area contributed by atoms with Gasteiger partial charge in [-0.1, -0.05) is 19.8 Å². The average Bonchev–Trinajstić information content (AvgIpc) is 2.53. The van der Waals surface area contributed by atoms with Crippen LogP contribution in [0.25, 0.3) is 0 Å². The molecule has 2 fully saturated rings. The van der Waals surface area contributed by atoms with Gasteiger partial charge in [0.1, 0.15) is 0 Å². The molecule has 1 saturated carbocycles. The summed E-state index contributed by atoms with van der Waals surface area (Å²) in [6, 6.07) is 0.0245. The molecular formula is C17H31N3O3. The minimum atomic E-state index is -0.133. The molecule has 1 saturated heterocycles. The van der Waals surface area contributed by atoms with E-state index < -0.39 is 0 Å². The number of likely N-dealkylation sites (tertiary alicyclic amines) is 1. The van der Waals surface area contributed by atoms with Gasteiger partial charge in [-0.05, 0) is 31.6 Å². The third-order valence-electron chi connectivity index (χ3n) is 5.03. The summed E-state index contributed by atoms with van der Waals surface area (Å²) in [5, 5.41) is 5.84. The molecule has 0 radical (unpaired) electrons. The molecule has 0 bridgehead atoms. The minimum absolute atomic E-state index is 0.113. The molecule has 132 valence electrons. The molecule has 0 aromatic carbocycles. The predicted molar refractivity (Wildman–Crippen MR) is 89.2 cm³/mol. The lowest BCUT2D eigenvalue weighted by Crippen LogP contribution is -2.49. The van der Waals surface area contributed by atoms with Crippen molar-refractivity contribution in [3.8, 4) is 0 Å². The van der Waals surface area contributed by atoms with Crippen LogP contribution in [0, 0.1) is 5.92 Å². The number of carbonyl (C=O) groups is 2. The van der Waals surface area contributed by atoms with Crippen molar-refractivity contribution < 1.29 is 14.3 Å². The Morgan fingerprint density at radius 1 is 1.13 bits per heavy atom. The van der Waals surface area contributed by atoms with Gasteiger partial charge in [0.2, 0.25) is 5.91 Å². The Labute approximate surface area is 139 Å². The van der Waals surface area contributed by atoms with Crippen LogP contribution in [0.2, 0.25) is 0 Å². The van der Waals surface area contributed by atoms with Crippen molar-refractivity contribution in [1.29, 1.82) is 0 Å². The molecule has 0 aromatic rings. The number of rotatable bonds is 5. The molecule has 6 heteroatoms. The van der Waals surface area contributed by atoms with E-state index in [0.717, 1.165) is 32.4 Å². The van der Waals surface area contributed by atoms with E-state index in [9.17, 15) is 9.59 Å². The smallest absolute Gasteiger partial charge is 0.315 e. The Balaban J connectivity index is 1.54. The summed E-state index contributed by atoms with van der Waals surface area (Å²) < 4.78 is 5.89. The molecule has 23 heavy (non-hydrogen) atoms. The highest BCUT2D eigenvalue weighted by Gasteiger charge is 2.23. The van der Waals surface area contributed by atoms with Crippen LogP contribution in [0.3, 0.4) is 0 Å². The van der Waals surface area contributed by atoms with Crippen LogP contribution in [0.5, 0.6) is 0 Å². The molecule has 2 atom stereocenters. The minimum Gasteiger partial charge on any atom is -0.376 e. The van der Waals surface area contributed by atoms with E-state index in [4.69, 9.17) is 4.74 Å². The molecule has 6 nitrogen and oxygen atoms in total. The second-order valence-electron chi connectivity index (χ2n) is 6.85. The first kappa shape index (κ1) is 18.0. The lowest BCUT2D eigenvalue weighted by Gasteiger charge is -2.31.